The molecule has 0 aliphatic carbocycles. The van der Waals surface area contributed by atoms with Gasteiger partial charge in [-0.3, -0.25) is 4.68 Å². The minimum Gasteiger partial charge on any atom is -0.377 e. The van der Waals surface area contributed by atoms with Crippen LogP contribution in [-0.4, -0.2) is 62.9 Å². The number of rotatable bonds is 5. The molecule has 0 amide bonds. The molecular formula is C29H31N7O3S. The molecular weight excluding hydrogens is 526 g/mol. The number of nitrogens with zero attached hydrogens (tertiary/aromatic N) is 7. The Bertz CT molecular complexity index is 1840. The Balaban J connectivity index is 1.54. The smallest absolute Gasteiger partial charge is 0.269 e. The molecule has 0 radical (unpaired) electrons. The Morgan fingerprint density at radius 3 is 2.50 bits per heavy atom. The number of hydrogen-bond acceptors (Lipinski definition) is 8. The van der Waals surface area contributed by atoms with Gasteiger partial charge >= 0.3 is 0 Å². The minimum atomic E-state index is -3.84. The van der Waals surface area contributed by atoms with Crippen LogP contribution in [0.15, 0.2) is 59.8 Å². The zero-order valence-corrected chi connectivity index (χ0v) is 24.0. The number of fused-ring (bicyclic) bond motifs is 1. The van der Waals surface area contributed by atoms with E-state index < -0.39 is 10.0 Å². The number of aromatic nitrogens is 6. The molecule has 1 aliphatic heterocycles. The first-order chi connectivity index (χ1) is 19.1. The number of anilines is 1. The lowest BCUT2D eigenvalue weighted by molar-refractivity contribution is 0.0985. The van der Waals surface area contributed by atoms with Crippen molar-refractivity contribution in [2.24, 2.45) is 7.05 Å². The molecule has 40 heavy (non-hydrogen) atoms. The maximum absolute atomic E-state index is 13.6. The summed E-state index contributed by atoms with van der Waals surface area (Å²) in [5, 5.41) is 5.27. The molecule has 1 saturated heterocycles. The normalized spacial score (nSPS) is 16.1. The number of pyridine rings is 1. The molecule has 206 valence electrons. The van der Waals surface area contributed by atoms with Gasteiger partial charge in [0.1, 0.15) is 5.82 Å². The second-order valence-electron chi connectivity index (χ2n) is 10.2. The maximum Gasteiger partial charge on any atom is 0.269 e. The Labute approximate surface area is 233 Å². The first kappa shape index (κ1) is 26.1. The first-order valence-electron chi connectivity index (χ1n) is 13.2. The molecule has 0 saturated carbocycles. The molecule has 0 spiro atoms. The van der Waals surface area contributed by atoms with Crippen LogP contribution in [0.25, 0.3) is 33.7 Å². The molecule has 1 aromatic carbocycles. The van der Waals surface area contributed by atoms with Gasteiger partial charge in [-0.1, -0.05) is 17.7 Å². The van der Waals surface area contributed by atoms with E-state index in [-0.39, 0.29) is 10.9 Å². The highest BCUT2D eigenvalue weighted by molar-refractivity contribution is 7.90. The van der Waals surface area contributed by atoms with Gasteiger partial charge in [-0.25, -0.2) is 27.3 Å². The van der Waals surface area contributed by atoms with E-state index in [1.165, 1.54) is 3.97 Å². The van der Waals surface area contributed by atoms with Crippen LogP contribution < -0.4 is 4.90 Å². The largest absolute Gasteiger partial charge is 0.377 e. The predicted molar refractivity (Wildman–Crippen MR) is 154 cm³/mol. The lowest BCUT2D eigenvalue weighted by atomic mass is 10.1. The summed E-state index contributed by atoms with van der Waals surface area (Å²) in [4.78, 5) is 16.9. The fraction of sp³-hybridized carbons (Fsp3) is 0.310. The molecule has 0 bridgehead atoms. The van der Waals surface area contributed by atoms with Gasteiger partial charge < -0.3 is 9.64 Å². The van der Waals surface area contributed by atoms with Crippen molar-refractivity contribution in [1.29, 1.82) is 0 Å². The molecule has 6 rings (SSSR count). The summed E-state index contributed by atoms with van der Waals surface area (Å²) in [6.45, 7) is 9.92. The molecule has 1 aliphatic rings. The van der Waals surface area contributed by atoms with Crippen molar-refractivity contribution < 1.29 is 13.2 Å². The number of ether oxygens (including phenoxy) is 1. The number of aryl methyl sites for hydroxylation is 3. The standard InChI is InChI=1S/C29H31N7O3S/c1-18-6-8-22(9-7-18)40(37,38)36-13-11-24-23(10-12-30-29(24)36)25-16-26(35-14-15-39-17-19(35)2)32-28(31-25)27-20(3)33-34(5)21(27)4/h6-13,16,19H,14-15,17H2,1-5H3/t19-/m1/s1. The van der Waals surface area contributed by atoms with Crippen LogP contribution in [0.2, 0.25) is 0 Å². The Morgan fingerprint density at radius 1 is 1.02 bits per heavy atom. The summed E-state index contributed by atoms with van der Waals surface area (Å²) >= 11 is 0. The SMILES string of the molecule is Cc1ccc(S(=O)(=O)n2ccc3c(-c4cc(N5CCOC[C@H]5C)nc(-c5c(C)nn(C)c5C)n4)ccnc32)cc1. The lowest BCUT2D eigenvalue weighted by Gasteiger charge is -2.34. The first-order valence-corrected chi connectivity index (χ1v) is 14.6. The number of benzene rings is 1. The molecule has 1 fully saturated rings. The van der Waals surface area contributed by atoms with Gasteiger partial charge in [-0.15, -0.1) is 0 Å². The van der Waals surface area contributed by atoms with Crippen LogP contribution in [-0.2, 0) is 21.8 Å². The molecule has 5 heterocycles. The van der Waals surface area contributed by atoms with Crippen LogP contribution in [0.5, 0.6) is 0 Å². The van der Waals surface area contributed by atoms with Crippen molar-refractivity contribution >= 4 is 26.9 Å². The molecule has 0 unspecified atom stereocenters. The lowest BCUT2D eigenvalue weighted by Crippen LogP contribution is -2.44. The van der Waals surface area contributed by atoms with Crippen LogP contribution >= 0.6 is 0 Å². The summed E-state index contributed by atoms with van der Waals surface area (Å²) in [5.74, 6) is 1.36. The third kappa shape index (κ3) is 4.35. The van der Waals surface area contributed by atoms with Crippen molar-refractivity contribution in [3.05, 3.63) is 71.8 Å². The zero-order chi connectivity index (χ0) is 28.2. The fourth-order valence-corrected chi connectivity index (χ4v) is 6.55. The van der Waals surface area contributed by atoms with Gasteiger partial charge in [0.05, 0.1) is 41.1 Å². The Morgan fingerprint density at radius 2 is 1.80 bits per heavy atom. The maximum atomic E-state index is 13.6. The molecule has 4 aromatic heterocycles. The van der Waals surface area contributed by atoms with Gasteiger partial charge in [0.2, 0.25) is 0 Å². The van der Waals surface area contributed by atoms with Crippen LogP contribution in [0.4, 0.5) is 5.82 Å². The van der Waals surface area contributed by atoms with E-state index in [1.807, 2.05) is 44.6 Å². The average molecular weight is 558 g/mol. The van der Waals surface area contributed by atoms with E-state index in [2.05, 4.69) is 21.9 Å². The van der Waals surface area contributed by atoms with Crippen molar-refractivity contribution in [1.82, 2.24) is 28.7 Å². The van der Waals surface area contributed by atoms with E-state index in [0.29, 0.717) is 42.3 Å². The summed E-state index contributed by atoms with van der Waals surface area (Å²) in [6.07, 6.45) is 3.18. The van der Waals surface area contributed by atoms with Crippen LogP contribution in [0.1, 0.15) is 23.9 Å². The summed E-state index contributed by atoms with van der Waals surface area (Å²) in [6, 6.07) is 12.6. The van der Waals surface area contributed by atoms with Crippen molar-refractivity contribution in [2.45, 2.75) is 38.6 Å². The fourth-order valence-electron chi connectivity index (χ4n) is 5.25. The highest BCUT2D eigenvalue weighted by atomic mass is 32.2. The quantitative estimate of drug-likeness (QED) is 0.315. The second-order valence-corrected chi connectivity index (χ2v) is 12.1. The van der Waals surface area contributed by atoms with Gasteiger partial charge in [0, 0.05) is 48.7 Å². The van der Waals surface area contributed by atoms with E-state index >= 15 is 0 Å². The van der Waals surface area contributed by atoms with E-state index in [1.54, 1.807) is 42.7 Å². The Kier molecular flexibility index (Phi) is 6.42. The highest BCUT2D eigenvalue weighted by Gasteiger charge is 2.26. The third-order valence-corrected chi connectivity index (χ3v) is 9.20. The highest BCUT2D eigenvalue weighted by Crippen LogP contribution is 2.34. The van der Waals surface area contributed by atoms with Crippen molar-refractivity contribution in [3.8, 4) is 22.6 Å². The van der Waals surface area contributed by atoms with Gasteiger partial charge in [0.25, 0.3) is 10.0 Å². The third-order valence-electron chi connectivity index (χ3n) is 7.52. The second kappa shape index (κ2) is 9.83. The van der Waals surface area contributed by atoms with Crippen molar-refractivity contribution in [2.75, 3.05) is 24.7 Å². The molecule has 0 N–H and O–H groups in total. The van der Waals surface area contributed by atoms with E-state index in [4.69, 9.17) is 14.7 Å². The van der Waals surface area contributed by atoms with E-state index in [0.717, 1.165) is 33.9 Å². The van der Waals surface area contributed by atoms with Gasteiger partial charge in [-0.2, -0.15) is 5.10 Å². The summed E-state index contributed by atoms with van der Waals surface area (Å²) in [7, 11) is -1.93. The number of morpholine rings is 1. The molecule has 10 nitrogen and oxygen atoms in total. The van der Waals surface area contributed by atoms with Crippen LogP contribution in [0, 0.1) is 20.8 Å². The summed E-state index contributed by atoms with van der Waals surface area (Å²) < 4.78 is 35.8. The molecule has 11 heteroatoms. The van der Waals surface area contributed by atoms with Crippen molar-refractivity contribution in [3.63, 3.8) is 0 Å². The van der Waals surface area contributed by atoms with Gasteiger partial charge in [-0.05, 0) is 52.0 Å². The Hall–Kier alpha value is -4.09. The predicted octanol–water partition coefficient (Wildman–Crippen LogP) is 4.28. The van der Waals surface area contributed by atoms with Crippen LogP contribution in [0.3, 0.4) is 0 Å². The van der Waals surface area contributed by atoms with E-state index in [9.17, 15) is 8.42 Å². The molecule has 1 atom stereocenters. The monoisotopic (exact) mass is 557 g/mol. The zero-order valence-electron chi connectivity index (χ0n) is 23.2. The minimum absolute atomic E-state index is 0.138. The summed E-state index contributed by atoms with van der Waals surface area (Å²) in [5.41, 5.74) is 5.47. The molecule has 5 aromatic rings. The number of hydrogen-bond donors (Lipinski definition) is 0. The topological polar surface area (TPSA) is 108 Å². The average Bonchev–Trinajstić information content (AvgIpc) is 3.49. The van der Waals surface area contributed by atoms with Gasteiger partial charge in [0.15, 0.2) is 11.5 Å².